The summed E-state index contributed by atoms with van der Waals surface area (Å²) in [7, 11) is 1.50. The molecular weight excluding hydrogens is 475 g/mol. The number of aryl methyl sites for hydroxylation is 2. The number of halogens is 1. The summed E-state index contributed by atoms with van der Waals surface area (Å²) in [4.78, 5) is 37.0. The highest BCUT2D eigenvalue weighted by molar-refractivity contribution is 6.05. The van der Waals surface area contributed by atoms with Gasteiger partial charge in [-0.2, -0.15) is 0 Å². The number of hydrogen-bond acceptors (Lipinski definition) is 4. The van der Waals surface area contributed by atoms with Crippen LogP contribution in [-0.2, 0) is 11.2 Å². The molecular formula is C29H29FN2O5. The SMILES string of the molecule is CCC1(CC(=O)O)CCc2cc(-c3ccc(NC(=O)Nc4cc(C)ccc4OC)c(F)c3)ccc2C1=O. The smallest absolute Gasteiger partial charge is 0.323 e. The Balaban J connectivity index is 1.52. The van der Waals surface area contributed by atoms with Crippen molar-refractivity contribution in [2.75, 3.05) is 17.7 Å². The van der Waals surface area contributed by atoms with Crippen molar-refractivity contribution in [2.24, 2.45) is 5.41 Å². The number of Topliss-reactive ketones (excluding diaryl/α,β-unsaturated/α-hetero) is 1. The number of nitrogens with one attached hydrogen (secondary N) is 2. The van der Waals surface area contributed by atoms with Crippen molar-refractivity contribution < 1.29 is 28.6 Å². The van der Waals surface area contributed by atoms with E-state index in [-0.39, 0.29) is 17.9 Å². The van der Waals surface area contributed by atoms with E-state index >= 15 is 0 Å². The maximum atomic E-state index is 14.9. The van der Waals surface area contributed by atoms with Gasteiger partial charge in [0.25, 0.3) is 0 Å². The first kappa shape index (κ1) is 25.9. The summed E-state index contributed by atoms with van der Waals surface area (Å²) in [6.45, 7) is 3.73. The predicted molar refractivity (Wildman–Crippen MR) is 140 cm³/mol. The van der Waals surface area contributed by atoms with Gasteiger partial charge in [-0.3, -0.25) is 9.59 Å². The molecule has 3 aromatic rings. The zero-order valence-electron chi connectivity index (χ0n) is 21.0. The van der Waals surface area contributed by atoms with Crippen LogP contribution in [0.2, 0.25) is 0 Å². The number of methoxy groups -OCH3 is 1. The largest absolute Gasteiger partial charge is 0.495 e. The van der Waals surface area contributed by atoms with E-state index in [9.17, 15) is 23.9 Å². The molecule has 8 heteroatoms. The summed E-state index contributed by atoms with van der Waals surface area (Å²) in [6.07, 6.45) is 1.31. The minimum Gasteiger partial charge on any atom is -0.495 e. The number of carboxylic acids is 1. The Kier molecular flexibility index (Phi) is 7.29. The van der Waals surface area contributed by atoms with E-state index in [1.807, 2.05) is 26.0 Å². The zero-order valence-corrected chi connectivity index (χ0v) is 21.0. The fraction of sp³-hybridized carbons (Fsp3) is 0.276. The number of fused-ring (bicyclic) bond motifs is 1. The summed E-state index contributed by atoms with van der Waals surface area (Å²) in [5.74, 6) is -1.25. The minimum atomic E-state index is -0.980. The van der Waals surface area contributed by atoms with Crippen molar-refractivity contribution in [3.63, 3.8) is 0 Å². The number of urea groups is 1. The van der Waals surface area contributed by atoms with Gasteiger partial charge in [-0.15, -0.1) is 0 Å². The first-order valence-electron chi connectivity index (χ1n) is 12.1. The minimum absolute atomic E-state index is 0.0161. The van der Waals surface area contributed by atoms with E-state index in [2.05, 4.69) is 10.6 Å². The topological polar surface area (TPSA) is 105 Å². The van der Waals surface area contributed by atoms with Gasteiger partial charge in [0.15, 0.2) is 5.78 Å². The molecule has 0 bridgehead atoms. The Morgan fingerprint density at radius 1 is 1.03 bits per heavy atom. The van der Waals surface area contributed by atoms with Crippen LogP contribution in [0, 0.1) is 18.2 Å². The van der Waals surface area contributed by atoms with Gasteiger partial charge in [0, 0.05) is 11.0 Å². The second-order valence-electron chi connectivity index (χ2n) is 9.38. The summed E-state index contributed by atoms with van der Waals surface area (Å²) in [5, 5.41) is 14.5. The van der Waals surface area contributed by atoms with Crippen LogP contribution < -0.4 is 15.4 Å². The Morgan fingerprint density at radius 3 is 2.41 bits per heavy atom. The average molecular weight is 505 g/mol. The number of aliphatic carboxylic acids is 1. The number of carboxylic acid groups (broad SMARTS) is 1. The fourth-order valence-electron chi connectivity index (χ4n) is 4.89. The van der Waals surface area contributed by atoms with Crippen LogP contribution in [0.5, 0.6) is 5.75 Å². The van der Waals surface area contributed by atoms with Crippen LogP contribution in [0.4, 0.5) is 20.6 Å². The molecule has 1 aliphatic rings. The molecule has 0 aromatic heterocycles. The van der Waals surface area contributed by atoms with E-state index in [0.717, 1.165) is 16.7 Å². The highest BCUT2D eigenvalue weighted by Gasteiger charge is 2.42. The van der Waals surface area contributed by atoms with Crippen molar-refractivity contribution >= 4 is 29.2 Å². The molecule has 37 heavy (non-hydrogen) atoms. The van der Waals surface area contributed by atoms with Gasteiger partial charge in [0.05, 0.1) is 24.9 Å². The van der Waals surface area contributed by atoms with Crippen LogP contribution in [0.1, 0.15) is 47.7 Å². The van der Waals surface area contributed by atoms with Crippen LogP contribution >= 0.6 is 0 Å². The van der Waals surface area contributed by atoms with Crippen molar-refractivity contribution in [2.45, 2.75) is 39.5 Å². The summed E-state index contributed by atoms with van der Waals surface area (Å²) in [5.41, 5.74) is 3.21. The van der Waals surface area contributed by atoms with E-state index in [0.29, 0.717) is 41.8 Å². The molecule has 0 spiro atoms. The molecule has 0 heterocycles. The lowest BCUT2D eigenvalue weighted by Crippen LogP contribution is -2.37. The van der Waals surface area contributed by atoms with E-state index < -0.39 is 23.2 Å². The Bertz CT molecular complexity index is 1390. The maximum Gasteiger partial charge on any atom is 0.323 e. The molecule has 2 amide bonds. The van der Waals surface area contributed by atoms with Crippen molar-refractivity contribution in [3.05, 3.63) is 77.1 Å². The first-order valence-corrected chi connectivity index (χ1v) is 12.1. The quantitative estimate of drug-likeness (QED) is 0.343. The van der Waals surface area contributed by atoms with Gasteiger partial charge < -0.3 is 20.5 Å². The highest BCUT2D eigenvalue weighted by atomic mass is 19.1. The lowest BCUT2D eigenvalue weighted by Gasteiger charge is -2.35. The number of ether oxygens (including phenoxy) is 1. The van der Waals surface area contributed by atoms with Crippen molar-refractivity contribution in [3.8, 4) is 16.9 Å². The zero-order chi connectivity index (χ0) is 26.7. The van der Waals surface area contributed by atoms with Gasteiger partial charge >= 0.3 is 12.0 Å². The number of ketones is 1. The number of benzene rings is 3. The molecule has 4 rings (SSSR count). The molecule has 0 aliphatic heterocycles. The monoisotopic (exact) mass is 504 g/mol. The van der Waals surface area contributed by atoms with Gasteiger partial charge in [0.1, 0.15) is 11.6 Å². The second kappa shape index (κ2) is 10.4. The van der Waals surface area contributed by atoms with Crippen LogP contribution in [0.3, 0.4) is 0 Å². The molecule has 3 N–H and O–H groups in total. The highest BCUT2D eigenvalue weighted by Crippen LogP contribution is 2.42. The van der Waals surface area contributed by atoms with Crippen LogP contribution in [0.25, 0.3) is 11.1 Å². The van der Waals surface area contributed by atoms with Gasteiger partial charge in [-0.05, 0) is 72.7 Å². The average Bonchev–Trinajstić information content (AvgIpc) is 2.86. The first-order chi connectivity index (χ1) is 17.7. The van der Waals surface area contributed by atoms with E-state index in [1.54, 1.807) is 30.3 Å². The number of amides is 2. The van der Waals surface area contributed by atoms with Crippen molar-refractivity contribution in [1.82, 2.24) is 0 Å². The molecule has 0 fully saturated rings. The summed E-state index contributed by atoms with van der Waals surface area (Å²) in [6, 6.07) is 14.5. The standard InChI is InChI=1S/C29H29FN2O5/c1-4-29(16-26(33)34)12-11-20-14-18(6-8-21(20)27(29)35)19-7-9-23(22(30)15-19)31-28(36)32-24-13-17(2)5-10-25(24)37-3/h5-10,13-15H,4,11-12,16H2,1-3H3,(H,33,34)(H2,31,32,36). The van der Waals surface area contributed by atoms with Crippen LogP contribution in [-0.4, -0.2) is 30.0 Å². The molecule has 192 valence electrons. The van der Waals surface area contributed by atoms with E-state index in [1.165, 1.54) is 19.2 Å². The number of hydrogen-bond donors (Lipinski definition) is 3. The molecule has 1 aliphatic carbocycles. The third-order valence-electron chi connectivity index (χ3n) is 7.02. The summed E-state index contributed by atoms with van der Waals surface area (Å²) >= 11 is 0. The Hall–Kier alpha value is -4.20. The number of anilines is 2. The number of rotatable bonds is 7. The van der Waals surface area contributed by atoms with Gasteiger partial charge in [-0.1, -0.05) is 37.3 Å². The lowest BCUT2D eigenvalue weighted by molar-refractivity contribution is -0.139. The normalized spacial score (nSPS) is 16.6. The van der Waals surface area contributed by atoms with E-state index in [4.69, 9.17) is 4.74 Å². The molecule has 1 unspecified atom stereocenters. The summed E-state index contributed by atoms with van der Waals surface area (Å²) < 4.78 is 20.2. The maximum absolute atomic E-state index is 14.9. The predicted octanol–water partition coefficient (Wildman–Crippen LogP) is 6.45. The number of carbonyl (C=O) groups is 3. The molecule has 3 aromatic carbocycles. The molecule has 0 saturated heterocycles. The third kappa shape index (κ3) is 5.33. The van der Waals surface area contributed by atoms with Gasteiger partial charge in [-0.25, -0.2) is 9.18 Å². The van der Waals surface area contributed by atoms with Gasteiger partial charge in [0.2, 0.25) is 0 Å². The third-order valence-corrected chi connectivity index (χ3v) is 7.02. The lowest BCUT2D eigenvalue weighted by atomic mass is 9.67. The second-order valence-corrected chi connectivity index (χ2v) is 9.38. The molecule has 0 radical (unpaired) electrons. The van der Waals surface area contributed by atoms with Crippen molar-refractivity contribution in [1.29, 1.82) is 0 Å². The molecule has 1 atom stereocenters. The number of carbonyl (C=O) groups excluding carboxylic acids is 2. The molecule has 0 saturated carbocycles. The Labute approximate surface area is 214 Å². The van der Waals surface area contributed by atoms with Crippen LogP contribution in [0.15, 0.2) is 54.6 Å². The molecule has 7 nitrogen and oxygen atoms in total. The fourth-order valence-corrected chi connectivity index (χ4v) is 4.89. The Morgan fingerprint density at radius 2 is 1.73 bits per heavy atom.